The van der Waals surface area contributed by atoms with Gasteiger partial charge in [-0.25, -0.2) is 9.37 Å². The van der Waals surface area contributed by atoms with Gasteiger partial charge in [0, 0.05) is 22.9 Å². The van der Waals surface area contributed by atoms with Crippen molar-refractivity contribution in [3.05, 3.63) is 51.9 Å². The Hall–Kier alpha value is -1.95. The summed E-state index contributed by atoms with van der Waals surface area (Å²) in [6.07, 6.45) is 1.41. The molecule has 0 saturated carbocycles. The molecule has 0 fully saturated rings. The van der Waals surface area contributed by atoms with Gasteiger partial charge < -0.3 is 10.6 Å². The van der Waals surface area contributed by atoms with Crippen LogP contribution in [0.5, 0.6) is 0 Å². The van der Waals surface area contributed by atoms with Crippen LogP contribution in [-0.2, 0) is 0 Å². The van der Waals surface area contributed by atoms with E-state index in [1.807, 2.05) is 19.9 Å². The van der Waals surface area contributed by atoms with Gasteiger partial charge in [-0.05, 0) is 37.6 Å². The Morgan fingerprint density at radius 3 is 2.86 bits per heavy atom. The van der Waals surface area contributed by atoms with Gasteiger partial charge in [0.1, 0.15) is 0 Å². The lowest BCUT2D eigenvalue weighted by Crippen LogP contribution is -2.16. The third-order valence-corrected chi connectivity index (χ3v) is 3.85. The van der Waals surface area contributed by atoms with Gasteiger partial charge in [-0.2, -0.15) is 0 Å². The van der Waals surface area contributed by atoms with E-state index in [9.17, 15) is 9.18 Å². The van der Waals surface area contributed by atoms with Gasteiger partial charge in [0.15, 0.2) is 11.6 Å². The van der Waals surface area contributed by atoms with Gasteiger partial charge in [0.25, 0.3) is 5.91 Å². The molecule has 0 bridgehead atoms. The molecule has 1 aromatic carbocycles. The average molecular weight is 352 g/mol. The van der Waals surface area contributed by atoms with Gasteiger partial charge in [-0.3, -0.25) is 4.79 Å². The molecule has 4 nitrogen and oxygen atoms in total. The molecule has 2 rings (SSSR count). The van der Waals surface area contributed by atoms with E-state index < -0.39 is 11.7 Å². The van der Waals surface area contributed by atoms with Crippen LogP contribution in [0, 0.1) is 12.7 Å². The summed E-state index contributed by atoms with van der Waals surface area (Å²) in [7, 11) is 0. The zero-order valence-corrected chi connectivity index (χ0v) is 13.3. The third-order valence-electron chi connectivity index (χ3n) is 2.99. The van der Waals surface area contributed by atoms with Crippen molar-refractivity contribution in [2.75, 3.05) is 17.2 Å². The van der Waals surface area contributed by atoms with E-state index in [0.29, 0.717) is 12.2 Å². The number of carbonyl (C=O) groups is 1. The van der Waals surface area contributed by atoms with Crippen LogP contribution in [0.2, 0.25) is 0 Å². The fourth-order valence-electron chi connectivity index (χ4n) is 1.84. The molecule has 0 aliphatic heterocycles. The topological polar surface area (TPSA) is 54.0 Å². The van der Waals surface area contributed by atoms with Crippen LogP contribution in [-0.4, -0.2) is 17.4 Å². The molecule has 2 aromatic rings. The van der Waals surface area contributed by atoms with E-state index in [0.717, 1.165) is 10.0 Å². The second-order valence-electron chi connectivity index (χ2n) is 4.42. The van der Waals surface area contributed by atoms with Crippen molar-refractivity contribution in [2.24, 2.45) is 0 Å². The number of hydrogen-bond acceptors (Lipinski definition) is 3. The molecule has 0 saturated heterocycles. The predicted octanol–water partition coefficient (Wildman–Crippen LogP) is 3.98. The summed E-state index contributed by atoms with van der Waals surface area (Å²) in [5, 5.41) is 5.49. The second kappa shape index (κ2) is 6.67. The maximum atomic E-state index is 14.2. The summed E-state index contributed by atoms with van der Waals surface area (Å²) < 4.78 is 15.1. The van der Waals surface area contributed by atoms with Gasteiger partial charge in [-0.1, -0.05) is 22.0 Å². The molecule has 0 spiro atoms. The maximum Gasteiger partial charge on any atom is 0.258 e. The molecule has 0 atom stereocenters. The van der Waals surface area contributed by atoms with Crippen LogP contribution >= 0.6 is 15.9 Å². The number of nitrogens with zero attached hydrogens (tertiary/aromatic N) is 1. The highest BCUT2D eigenvalue weighted by molar-refractivity contribution is 9.10. The van der Waals surface area contributed by atoms with Crippen molar-refractivity contribution >= 4 is 33.3 Å². The number of hydrogen-bond donors (Lipinski definition) is 2. The summed E-state index contributed by atoms with van der Waals surface area (Å²) >= 11 is 3.39. The first-order valence-electron chi connectivity index (χ1n) is 6.49. The van der Waals surface area contributed by atoms with Gasteiger partial charge >= 0.3 is 0 Å². The summed E-state index contributed by atoms with van der Waals surface area (Å²) in [4.78, 5) is 16.1. The molecule has 0 radical (unpaired) electrons. The van der Waals surface area contributed by atoms with Crippen molar-refractivity contribution < 1.29 is 9.18 Å². The number of anilines is 2. The number of pyridine rings is 1. The van der Waals surface area contributed by atoms with E-state index in [1.165, 1.54) is 12.3 Å². The quantitative estimate of drug-likeness (QED) is 0.875. The molecule has 2 N–H and O–H groups in total. The molecule has 0 aliphatic carbocycles. The number of benzene rings is 1. The fraction of sp³-hybridized carbons (Fsp3) is 0.200. The minimum Gasteiger partial charge on any atom is -0.368 e. The molecule has 110 valence electrons. The SMILES string of the molecule is CCNc1nccc(C(=O)Nc2cccc(Br)c2C)c1F. The van der Waals surface area contributed by atoms with Crippen molar-refractivity contribution in [3.8, 4) is 0 Å². The van der Waals surface area contributed by atoms with E-state index in [1.54, 1.807) is 12.1 Å². The van der Waals surface area contributed by atoms with E-state index in [-0.39, 0.29) is 11.4 Å². The Morgan fingerprint density at radius 2 is 2.14 bits per heavy atom. The first-order chi connectivity index (χ1) is 10.0. The van der Waals surface area contributed by atoms with Crippen LogP contribution < -0.4 is 10.6 Å². The van der Waals surface area contributed by atoms with Crippen LogP contribution in [0.1, 0.15) is 22.8 Å². The molecule has 1 aromatic heterocycles. The Morgan fingerprint density at radius 1 is 1.38 bits per heavy atom. The van der Waals surface area contributed by atoms with E-state index in [4.69, 9.17) is 0 Å². The first kappa shape index (κ1) is 15.4. The van der Waals surface area contributed by atoms with E-state index >= 15 is 0 Å². The average Bonchev–Trinajstić information content (AvgIpc) is 2.46. The molecule has 0 aliphatic rings. The molecule has 21 heavy (non-hydrogen) atoms. The van der Waals surface area contributed by atoms with Crippen molar-refractivity contribution in [3.63, 3.8) is 0 Å². The Bertz CT molecular complexity index is 676. The maximum absolute atomic E-state index is 14.2. The number of carbonyl (C=O) groups excluding carboxylic acids is 1. The lowest BCUT2D eigenvalue weighted by atomic mass is 10.1. The fourth-order valence-corrected chi connectivity index (χ4v) is 2.21. The standard InChI is InChI=1S/C15H15BrFN3O/c1-3-18-14-13(17)10(7-8-19-14)15(21)20-12-6-4-5-11(16)9(12)2/h4-8H,3H2,1-2H3,(H,18,19)(H,20,21). The van der Waals surface area contributed by atoms with Crippen LogP contribution in [0.15, 0.2) is 34.9 Å². The van der Waals surface area contributed by atoms with E-state index in [2.05, 4.69) is 31.5 Å². The molecular weight excluding hydrogens is 337 g/mol. The molecule has 1 amide bonds. The first-order valence-corrected chi connectivity index (χ1v) is 7.28. The van der Waals surface area contributed by atoms with Crippen LogP contribution in [0.25, 0.3) is 0 Å². The predicted molar refractivity (Wildman–Crippen MR) is 85.2 cm³/mol. The minimum absolute atomic E-state index is 0.0414. The number of amides is 1. The minimum atomic E-state index is -0.649. The Labute approximate surface area is 130 Å². The van der Waals surface area contributed by atoms with Crippen molar-refractivity contribution in [2.45, 2.75) is 13.8 Å². The normalized spacial score (nSPS) is 10.3. The molecular formula is C15H15BrFN3O. The van der Waals surface area contributed by atoms with Gasteiger partial charge in [-0.15, -0.1) is 0 Å². The Kier molecular flexibility index (Phi) is 4.90. The van der Waals surface area contributed by atoms with Crippen LogP contribution in [0.4, 0.5) is 15.9 Å². The number of rotatable bonds is 4. The lowest BCUT2D eigenvalue weighted by Gasteiger charge is -2.11. The number of halogens is 2. The summed E-state index contributed by atoms with van der Waals surface area (Å²) in [5.74, 6) is -1.07. The molecule has 6 heteroatoms. The highest BCUT2D eigenvalue weighted by Gasteiger charge is 2.16. The highest BCUT2D eigenvalue weighted by Crippen LogP contribution is 2.24. The summed E-state index contributed by atoms with van der Waals surface area (Å²) in [6, 6.07) is 6.81. The Balaban J connectivity index is 2.29. The zero-order chi connectivity index (χ0) is 15.4. The number of nitrogens with one attached hydrogen (secondary N) is 2. The largest absolute Gasteiger partial charge is 0.368 e. The molecule has 1 heterocycles. The molecule has 0 unspecified atom stereocenters. The van der Waals surface area contributed by atoms with Gasteiger partial charge in [0.05, 0.1) is 5.56 Å². The summed E-state index contributed by atoms with van der Waals surface area (Å²) in [6.45, 7) is 4.23. The lowest BCUT2D eigenvalue weighted by molar-refractivity contribution is 0.102. The van der Waals surface area contributed by atoms with Gasteiger partial charge in [0.2, 0.25) is 0 Å². The second-order valence-corrected chi connectivity index (χ2v) is 5.27. The number of aromatic nitrogens is 1. The van der Waals surface area contributed by atoms with Crippen LogP contribution in [0.3, 0.4) is 0 Å². The third kappa shape index (κ3) is 3.39. The zero-order valence-electron chi connectivity index (χ0n) is 11.7. The summed E-state index contributed by atoms with van der Waals surface area (Å²) in [5.41, 5.74) is 1.48. The highest BCUT2D eigenvalue weighted by atomic mass is 79.9. The monoisotopic (exact) mass is 351 g/mol. The van der Waals surface area contributed by atoms with Crippen molar-refractivity contribution in [1.82, 2.24) is 4.98 Å². The van der Waals surface area contributed by atoms with Crippen molar-refractivity contribution in [1.29, 1.82) is 0 Å². The smallest absolute Gasteiger partial charge is 0.258 e.